The van der Waals surface area contributed by atoms with Crippen LogP contribution in [0.1, 0.15) is 36.3 Å². The number of carbonyl (C=O) groups is 1. The molecule has 0 spiro atoms. The molecule has 2 aromatic rings. The summed E-state index contributed by atoms with van der Waals surface area (Å²) >= 11 is 0. The number of methoxy groups -OCH3 is 2. The van der Waals surface area contributed by atoms with Crippen LogP contribution in [0.25, 0.3) is 0 Å². The van der Waals surface area contributed by atoms with Gasteiger partial charge in [0.25, 0.3) is 0 Å². The highest BCUT2D eigenvalue weighted by Crippen LogP contribution is 2.37. The fourth-order valence-corrected chi connectivity index (χ4v) is 2.65. The van der Waals surface area contributed by atoms with Crippen molar-refractivity contribution >= 4 is 5.97 Å². The average molecular weight is 378 g/mol. The number of esters is 1. The normalized spacial score (nSPS) is 11.7. The minimum atomic E-state index is -0.854. The van der Waals surface area contributed by atoms with Crippen LogP contribution in [0.4, 0.5) is 0 Å². The van der Waals surface area contributed by atoms with E-state index in [0.29, 0.717) is 17.1 Å². The molecule has 0 bridgehead atoms. The van der Waals surface area contributed by atoms with Crippen LogP contribution in [0.3, 0.4) is 0 Å². The van der Waals surface area contributed by atoms with Crippen LogP contribution in [0.15, 0.2) is 33.5 Å². The second kappa shape index (κ2) is 9.09. The van der Waals surface area contributed by atoms with Crippen LogP contribution < -0.4 is 14.9 Å². The molecule has 1 aromatic carbocycles. The molecule has 0 radical (unpaired) electrons. The van der Waals surface area contributed by atoms with Crippen molar-refractivity contribution in [1.82, 2.24) is 0 Å². The second-order valence-corrected chi connectivity index (χ2v) is 5.66. The predicted molar refractivity (Wildman–Crippen MR) is 95.2 cm³/mol. The first kappa shape index (κ1) is 20.3. The smallest absolute Gasteiger partial charge is 0.306 e. The van der Waals surface area contributed by atoms with E-state index in [4.69, 9.17) is 18.6 Å². The highest BCUT2D eigenvalue weighted by Gasteiger charge is 2.27. The summed E-state index contributed by atoms with van der Waals surface area (Å²) in [4.78, 5) is 24.2. The zero-order chi connectivity index (χ0) is 20.0. The SMILES string of the molecule is CCOC(=O)CC(c1cc(OC)cc(OC)c1)c1oc(CO)cc(=O)c1O. The molecule has 0 aliphatic heterocycles. The molecule has 27 heavy (non-hydrogen) atoms. The Morgan fingerprint density at radius 3 is 2.30 bits per heavy atom. The van der Waals surface area contributed by atoms with Crippen molar-refractivity contribution in [2.24, 2.45) is 0 Å². The van der Waals surface area contributed by atoms with E-state index >= 15 is 0 Å². The van der Waals surface area contributed by atoms with Gasteiger partial charge in [-0.1, -0.05) is 0 Å². The number of hydrogen-bond acceptors (Lipinski definition) is 8. The van der Waals surface area contributed by atoms with Crippen molar-refractivity contribution in [2.45, 2.75) is 25.9 Å². The standard InChI is InChI=1S/C19H22O8/c1-4-26-17(22)9-15(11-5-12(24-2)7-13(6-11)25-3)19-18(23)16(21)8-14(10-20)27-19/h5-8,15,20,23H,4,9-10H2,1-3H3. The lowest BCUT2D eigenvalue weighted by Gasteiger charge is -2.19. The summed E-state index contributed by atoms with van der Waals surface area (Å²) in [5.41, 5.74) is -0.211. The summed E-state index contributed by atoms with van der Waals surface area (Å²) in [5, 5.41) is 19.6. The molecule has 1 unspecified atom stereocenters. The number of rotatable bonds is 8. The maximum absolute atomic E-state index is 12.1. The molecule has 1 aromatic heterocycles. The van der Waals surface area contributed by atoms with Crippen LogP contribution in [0.5, 0.6) is 17.2 Å². The number of hydrogen-bond donors (Lipinski definition) is 2. The Morgan fingerprint density at radius 2 is 1.78 bits per heavy atom. The third-order valence-electron chi connectivity index (χ3n) is 3.92. The van der Waals surface area contributed by atoms with Crippen molar-refractivity contribution < 1.29 is 33.6 Å². The van der Waals surface area contributed by atoms with Gasteiger partial charge in [-0.25, -0.2) is 0 Å². The molecule has 0 saturated heterocycles. The van der Waals surface area contributed by atoms with Crippen LogP contribution in [-0.2, 0) is 16.1 Å². The van der Waals surface area contributed by atoms with Gasteiger partial charge in [-0.05, 0) is 24.6 Å². The van der Waals surface area contributed by atoms with Crippen molar-refractivity contribution in [3.05, 3.63) is 51.6 Å². The van der Waals surface area contributed by atoms with Gasteiger partial charge in [-0.15, -0.1) is 0 Å². The van der Waals surface area contributed by atoms with Crippen LogP contribution in [-0.4, -0.2) is 37.0 Å². The first-order valence-corrected chi connectivity index (χ1v) is 8.28. The van der Waals surface area contributed by atoms with E-state index < -0.39 is 29.7 Å². The Bertz CT molecular complexity index is 833. The van der Waals surface area contributed by atoms with E-state index in [1.54, 1.807) is 25.1 Å². The van der Waals surface area contributed by atoms with Gasteiger partial charge < -0.3 is 28.8 Å². The Hall–Kier alpha value is -3.00. The van der Waals surface area contributed by atoms with Gasteiger partial charge in [0.15, 0.2) is 5.76 Å². The number of benzene rings is 1. The number of carbonyl (C=O) groups excluding carboxylic acids is 1. The molecule has 0 fully saturated rings. The fraction of sp³-hybridized carbons (Fsp3) is 0.368. The van der Waals surface area contributed by atoms with E-state index in [1.165, 1.54) is 14.2 Å². The average Bonchev–Trinajstić information content (AvgIpc) is 2.68. The molecule has 1 atom stereocenters. The summed E-state index contributed by atoms with van der Waals surface area (Å²) in [6.45, 7) is 1.32. The highest BCUT2D eigenvalue weighted by molar-refractivity contribution is 5.71. The fourth-order valence-electron chi connectivity index (χ4n) is 2.65. The van der Waals surface area contributed by atoms with Crippen LogP contribution in [0, 0.1) is 0 Å². The second-order valence-electron chi connectivity index (χ2n) is 5.66. The van der Waals surface area contributed by atoms with Crippen LogP contribution in [0.2, 0.25) is 0 Å². The Kier molecular flexibility index (Phi) is 6.84. The molecule has 8 heteroatoms. The maximum Gasteiger partial charge on any atom is 0.306 e. The monoisotopic (exact) mass is 378 g/mol. The van der Waals surface area contributed by atoms with Gasteiger partial charge in [-0.3, -0.25) is 9.59 Å². The zero-order valence-electron chi connectivity index (χ0n) is 15.4. The number of aliphatic hydroxyl groups excluding tert-OH is 1. The number of aliphatic hydroxyl groups is 1. The third-order valence-corrected chi connectivity index (χ3v) is 3.92. The van der Waals surface area contributed by atoms with Crippen molar-refractivity contribution in [2.75, 3.05) is 20.8 Å². The number of ether oxygens (including phenoxy) is 3. The van der Waals surface area contributed by atoms with Crippen molar-refractivity contribution in [3.8, 4) is 17.2 Å². The summed E-state index contributed by atoms with van der Waals surface area (Å²) in [7, 11) is 2.95. The first-order valence-electron chi connectivity index (χ1n) is 8.28. The van der Waals surface area contributed by atoms with Crippen molar-refractivity contribution in [3.63, 3.8) is 0 Å². The Labute approximate surface area is 155 Å². The van der Waals surface area contributed by atoms with E-state index in [9.17, 15) is 19.8 Å². The minimum Gasteiger partial charge on any atom is -0.502 e. The Balaban J connectivity index is 2.64. The molecular weight excluding hydrogens is 356 g/mol. The van der Waals surface area contributed by atoms with Crippen molar-refractivity contribution in [1.29, 1.82) is 0 Å². The lowest BCUT2D eigenvalue weighted by atomic mass is 9.91. The lowest BCUT2D eigenvalue weighted by molar-refractivity contribution is -0.143. The predicted octanol–water partition coefficient (Wildman–Crippen LogP) is 1.94. The largest absolute Gasteiger partial charge is 0.502 e. The maximum atomic E-state index is 12.1. The molecule has 146 valence electrons. The minimum absolute atomic E-state index is 0.0310. The zero-order valence-corrected chi connectivity index (χ0v) is 15.4. The molecule has 0 saturated carbocycles. The molecule has 2 rings (SSSR count). The van der Waals surface area contributed by atoms with E-state index in [-0.39, 0.29) is 24.5 Å². The van der Waals surface area contributed by atoms with E-state index in [1.807, 2.05) is 0 Å². The molecule has 1 heterocycles. The summed E-state index contributed by atoms with van der Waals surface area (Å²) < 4.78 is 21.0. The summed E-state index contributed by atoms with van der Waals surface area (Å²) in [5.74, 6) is -1.29. The third kappa shape index (κ3) is 4.79. The van der Waals surface area contributed by atoms with Gasteiger partial charge >= 0.3 is 5.97 Å². The molecule has 8 nitrogen and oxygen atoms in total. The highest BCUT2D eigenvalue weighted by atomic mass is 16.5. The van der Waals surface area contributed by atoms with Gasteiger partial charge in [-0.2, -0.15) is 0 Å². The van der Waals surface area contributed by atoms with Gasteiger partial charge in [0.2, 0.25) is 11.2 Å². The van der Waals surface area contributed by atoms with E-state index in [2.05, 4.69) is 0 Å². The van der Waals surface area contributed by atoms with Crippen LogP contribution >= 0.6 is 0 Å². The molecule has 0 aliphatic rings. The summed E-state index contributed by atoms with van der Waals surface area (Å²) in [6.07, 6.45) is -0.199. The van der Waals surface area contributed by atoms with Gasteiger partial charge in [0.05, 0.1) is 33.2 Å². The molecule has 0 aliphatic carbocycles. The quantitative estimate of drug-likeness (QED) is 0.670. The molecule has 2 N–H and O–H groups in total. The molecular formula is C19H22O8. The Morgan fingerprint density at radius 1 is 1.15 bits per heavy atom. The van der Waals surface area contributed by atoms with E-state index in [0.717, 1.165) is 6.07 Å². The number of aromatic hydroxyl groups is 1. The molecule has 0 amide bonds. The lowest BCUT2D eigenvalue weighted by Crippen LogP contribution is -2.15. The van der Waals surface area contributed by atoms with Gasteiger partial charge in [0, 0.05) is 12.1 Å². The topological polar surface area (TPSA) is 115 Å². The van der Waals surface area contributed by atoms with Gasteiger partial charge in [0.1, 0.15) is 23.9 Å². The summed E-state index contributed by atoms with van der Waals surface area (Å²) in [6, 6.07) is 5.91. The first-order chi connectivity index (χ1) is 12.9.